The van der Waals surface area contributed by atoms with E-state index in [4.69, 9.17) is 26.1 Å². The molecule has 1 aromatic heterocycles. The zero-order chi connectivity index (χ0) is 24.4. The van der Waals surface area contributed by atoms with Crippen molar-refractivity contribution >= 4 is 40.0 Å². The van der Waals surface area contributed by atoms with E-state index in [2.05, 4.69) is 21.7 Å². The van der Waals surface area contributed by atoms with Gasteiger partial charge in [0.25, 0.3) is 5.91 Å². The highest BCUT2D eigenvalue weighted by Gasteiger charge is 2.16. The molecule has 1 heterocycles. The minimum Gasteiger partial charge on any atom is -0.493 e. The van der Waals surface area contributed by atoms with Gasteiger partial charge in [0.1, 0.15) is 5.52 Å². The third-order valence-corrected chi connectivity index (χ3v) is 5.71. The average molecular weight is 476 g/mol. The summed E-state index contributed by atoms with van der Waals surface area (Å²) in [6.07, 6.45) is 0. The number of thiocarbonyl (C=S) groups is 1. The average Bonchev–Trinajstić information content (AvgIpc) is 3.24. The second-order valence-corrected chi connectivity index (χ2v) is 8.31. The fourth-order valence-electron chi connectivity index (χ4n) is 3.80. The number of methoxy groups -OCH3 is 2. The van der Waals surface area contributed by atoms with Gasteiger partial charge in [-0.05, 0) is 86.1 Å². The molecular formula is C26H25N3O4S. The molecule has 0 saturated heterocycles. The van der Waals surface area contributed by atoms with Crippen LogP contribution in [0, 0.1) is 20.8 Å². The lowest BCUT2D eigenvalue weighted by Crippen LogP contribution is -2.34. The Labute approximate surface area is 203 Å². The molecular weight excluding hydrogens is 450 g/mol. The Morgan fingerprint density at radius 2 is 1.76 bits per heavy atom. The lowest BCUT2D eigenvalue weighted by atomic mass is 10.1. The van der Waals surface area contributed by atoms with Crippen LogP contribution in [0.4, 0.5) is 5.69 Å². The minimum absolute atomic E-state index is 0.170. The molecule has 2 N–H and O–H groups in total. The van der Waals surface area contributed by atoms with Crippen LogP contribution in [0.5, 0.6) is 11.5 Å². The highest BCUT2D eigenvalue weighted by molar-refractivity contribution is 7.80. The predicted octanol–water partition coefficient (Wildman–Crippen LogP) is 5.56. The summed E-state index contributed by atoms with van der Waals surface area (Å²) >= 11 is 5.39. The van der Waals surface area contributed by atoms with Crippen molar-refractivity contribution in [1.82, 2.24) is 10.3 Å². The Bertz CT molecular complexity index is 1410. The summed E-state index contributed by atoms with van der Waals surface area (Å²) in [4.78, 5) is 17.4. The van der Waals surface area contributed by atoms with E-state index in [-0.39, 0.29) is 11.0 Å². The number of oxazole rings is 1. The largest absolute Gasteiger partial charge is 0.493 e. The number of fused-ring (bicyclic) bond motifs is 1. The molecule has 4 aromatic rings. The Hall–Kier alpha value is -3.91. The van der Waals surface area contributed by atoms with Crippen molar-refractivity contribution in [2.24, 2.45) is 0 Å². The van der Waals surface area contributed by atoms with Crippen molar-refractivity contribution in [3.63, 3.8) is 0 Å². The van der Waals surface area contributed by atoms with Crippen LogP contribution in [0.15, 0.2) is 52.9 Å². The minimum atomic E-state index is -0.364. The first-order valence-electron chi connectivity index (χ1n) is 10.6. The maximum Gasteiger partial charge on any atom is 0.257 e. The maximum atomic E-state index is 12.7. The van der Waals surface area contributed by atoms with Gasteiger partial charge in [-0.3, -0.25) is 10.1 Å². The Kier molecular flexibility index (Phi) is 6.51. The molecule has 0 aliphatic rings. The molecule has 34 heavy (non-hydrogen) atoms. The Morgan fingerprint density at radius 3 is 2.50 bits per heavy atom. The first-order valence-corrected chi connectivity index (χ1v) is 11.0. The normalized spacial score (nSPS) is 10.7. The highest BCUT2D eigenvalue weighted by Crippen LogP contribution is 2.32. The second kappa shape index (κ2) is 9.52. The van der Waals surface area contributed by atoms with Gasteiger partial charge in [-0.25, -0.2) is 4.98 Å². The summed E-state index contributed by atoms with van der Waals surface area (Å²) in [5.41, 5.74) is 6.64. The molecule has 0 aliphatic heterocycles. The van der Waals surface area contributed by atoms with Crippen LogP contribution in [-0.2, 0) is 0 Å². The SMILES string of the molecule is COc1ccc(C(=O)NC(=S)Nc2cccc(-c3nc4cc(C)cc(C)c4o3)c2C)cc1OC. The van der Waals surface area contributed by atoms with Gasteiger partial charge in [-0.2, -0.15) is 0 Å². The molecule has 3 aromatic carbocycles. The summed E-state index contributed by atoms with van der Waals surface area (Å²) in [7, 11) is 3.05. The standard InChI is InChI=1S/C26H25N3O4S/c1-14-11-15(2)23-20(12-14)27-25(33-23)18-7-6-8-19(16(18)3)28-26(34)29-24(30)17-9-10-21(31-4)22(13-17)32-5/h6-13H,1-5H3,(H2,28,29,30,34). The van der Waals surface area contributed by atoms with Crippen molar-refractivity contribution < 1.29 is 18.7 Å². The number of hydrogen-bond acceptors (Lipinski definition) is 6. The highest BCUT2D eigenvalue weighted by atomic mass is 32.1. The summed E-state index contributed by atoms with van der Waals surface area (Å²) in [5.74, 6) is 1.17. The lowest BCUT2D eigenvalue weighted by Gasteiger charge is -2.14. The zero-order valence-electron chi connectivity index (χ0n) is 19.6. The monoisotopic (exact) mass is 475 g/mol. The maximum absolute atomic E-state index is 12.7. The number of carbonyl (C=O) groups excluding carboxylic acids is 1. The van der Waals surface area contributed by atoms with Crippen LogP contribution in [0.2, 0.25) is 0 Å². The molecule has 174 valence electrons. The fourth-order valence-corrected chi connectivity index (χ4v) is 4.00. The van der Waals surface area contributed by atoms with Gasteiger partial charge < -0.3 is 19.2 Å². The lowest BCUT2D eigenvalue weighted by molar-refractivity contribution is 0.0977. The number of hydrogen-bond donors (Lipinski definition) is 2. The number of rotatable bonds is 5. The van der Waals surface area contributed by atoms with Crippen LogP contribution in [-0.4, -0.2) is 30.2 Å². The van der Waals surface area contributed by atoms with Crippen LogP contribution in [0.3, 0.4) is 0 Å². The van der Waals surface area contributed by atoms with Gasteiger partial charge >= 0.3 is 0 Å². The smallest absolute Gasteiger partial charge is 0.257 e. The van der Waals surface area contributed by atoms with E-state index in [1.807, 2.05) is 45.0 Å². The molecule has 0 radical (unpaired) electrons. The van der Waals surface area contributed by atoms with Gasteiger partial charge in [-0.15, -0.1) is 0 Å². The number of nitrogens with one attached hydrogen (secondary N) is 2. The van der Waals surface area contributed by atoms with Crippen LogP contribution in [0.25, 0.3) is 22.6 Å². The summed E-state index contributed by atoms with van der Waals surface area (Å²) < 4.78 is 16.6. The quantitative estimate of drug-likeness (QED) is 0.365. The first kappa shape index (κ1) is 23.3. The number of anilines is 1. The molecule has 0 unspecified atom stereocenters. The summed E-state index contributed by atoms with van der Waals surface area (Å²) in [6, 6.07) is 14.7. The predicted molar refractivity (Wildman–Crippen MR) is 137 cm³/mol. The molecule has 0 saturated carbocycles. The van der Waals surface area contributed by atoms with Gasteiger partial charge in [-0.1, -0.05) is 12.1 Å². The van der Waals surface area contributed by atoms with Crippen LogP contribution in [0.1, 0.15) is 27.0 Å². The molecule has 8 heteroatoms. The molecule has 0 atom stereocenters. The molecule has 4 rings (SSSR count). The summed E-state index contributed by atoms with van der Waals surface area (Å²) in [6.45, 7) is 5.99. The van der Waals surface area contributed by atoms with E-state index in [1.54, 1.807) is 18.2 Å². The molecule has 0 spiro atoms. The fraction of sp³-hybridized carbons (Fsp3) is 0.192. The van der Waals surface area contributed by atoms with E-state index in [9.17, 15) is 4.79 Å². The van der Waals surface area contributed by atoms with E-state index in [0.29, 0.717) is 23.0 Å². The molecule has 7 nitrogen and oxygen atoms in total. The van der Waals surface area contributed by atoms with E-state index >= 15 is 0 Å². The van der Waals surface area contributed by atoms with Gasteiger partial charge in [0.2, 0.25) is 5.89 Å². The molecule has 0 bridgehead atoms. The van der Waals surface area contributed by atoms with Gasteiger partial charge in [0, 0.05) is 16.8 Å². The molecule has 0 fully saturated rings. The zero-order valence-corrected chi connectivity index (χ0v) is 20.4. The molecule has 1 amide bonds. The number of ether oxygens (including phenoxy) is 2. The van der Waals surface area contributed by atoms with Gasteiger partial charge in [0.05, 0.1) is 14.2 Å². The topological polar surface area (TPSA) is 85.6 Å². The first-order chi connectivity index (χ1) is 16.3. The molecule has 0 aliphatic carbocycles. The number of aryl methyl sites for hydroxylation is 2. The number of aromatic nitrogens is 1. The van der Waals surface area contributed by atoms with Crippen molar-refractivity contribution in [2.75, 3.05) is 19.5 Å². The number of nitrogens with zero attached hydrogens (tertiary/aromatic N) is 1. The van der Waals surface area contributed by atoms with E-state index in [0.717, 1.165) is 39.0 Å². The Morgan fingerprint density at radius 1 is 1.00 bits per heavy atom. The van der Waals surface area contributed by atoms with Crippen molar-refractivity contribution in [1.29, 1.82) is 0 Å². The van der Waals surface area contributed by atoms with E-state index in [1.165, 1.54) is 14.2 Å². The van der Waals surface area contributed by atoms with Crippen LogP contribution >= 0.6 is 12.2 Å². The van der Waals surface area contributed by atoms with Crippen molar-refractivity contribution in [2.45, 2.75) is 20.8 Å². The Balaban J connectivity index is 1.54. The summed E-state index contributed by atoms with van der Waals surface area (Å²) in [5, 5.41) is 5.97. The number of carbonyl (C=O) groups is 1. The third kappa shape index (κ3) is 4.58. The van der Waals surface area contributed by atoms with Crippen LogP contribution < -0.4 is 20.1 Å². The van der Waals surface area contributed by atoms with Gasteiger partial charge in [0.15, 0.2) is 22.2 Å². The number of amides is 1. The second-order valence-electron chi connectivity index (χ2n) is 7.91. The van der Waals surface area contributed by atoms with Crippen molar-refractivity contribution in [3.05, 3.63) is 70.8 Å². The third-order valence-electron chi connectivity index (χ3n) is 5.51. The van der Waals surface area contributed by atoms with E-state index < -0.39 is 0 Å². The number of benzene rings is 3. The van der Waals surface area contributed by atoms with Crippen molar-refractivity contribution in [3.8, 4) is 23.0 Å².